The molecule has 0 bridgehead atoms. The molecule has 0 atom stereocenters. The SMILES string of the molecule is C/C(=N\NC(=O)c1cccc(S(=O)(=O)N2CCOCC2)c1)c1cc(O)ccc1O. The smallest absolute Gasteiger partial charge is 0.271 e. The Morgan fingerprint density at radius 3 is 2.59 bits per heavy atom. The standard InChI is InChI=1S/C19H21N3O6S/c1-13(17-12-15(23)5-6-18(17)24)20-21-19(25)14-3-2-4-16(11-14)29(26,27)22-7-9-28-10-8-22/h2-6,11-12,23-24H,7-10H2,1H3,(H,21,25)/b20-13+. The Balaban J connectivity index is 1.78. The molecule has 0 unspecified atom stereocenters. The molecule has 9 nitrogen and oxygen atoms in total. The van der Waals surface area contributed by atoms with Crippen LogP contribution >= 0.6 is 0 Å². The second-order valence-corrected chi connectivity index (χ2v) is 8.32. The van der Waals surface area contributed by atoms with Gasteiger partial charge in [-0.25, -0.2) is 13.8 Å². The molecule has 29 heavy (non-hydrogen) atoms. The molecule has 1 heterocycles. The number of rotatable bonds is 5. The minimum absolute atomic E-state index is 0.0124. The van der Waals surface area contributed by atoms with E-state index in [1.807, 2.05) is 0 Å². The first kappa shape index (κ1) is 20.8. The summed E-state index contributed by atoms with van der Waals surface area (Å²) in [5.41, 5.74) is 2.98. The van der Waals surface area contributed by atoms with E-state index in [2.05, 4.69) is 10.5 Å². The van der Waals surface area contributed by atoms with Crippen molar-refractivity contribution in [2.45, 2.75) is 11.8 Å². The van der Waals surface area contributed by atoms with Crippen molar-refractivity contribution in [3.63, 3.8) is 0 Å². The number of ether oxygens (including phenoxy) is 1. The molecular weight excluding hydrogens is 398 g/mol. The zero-order valence-electron chi connectivity index (χ0n) is 15.7. The van der Waals surface area contributed by atoms with Gasteiger partial charge in [0, 0.05) is 24.2 Å². The molecule has 0 aromatic heterocycles. The minimum Gasteiger partial charge on any atom is -0.508 e. The molecule has 3 N–H and O–H groups in total. The molecule has 2 aromatic carbocycles. The van der Waals surface area contributed by atoms with Crippen molar-refractivity contribution < 1.29 is 28.2 Å². The highest BCUT2D eigenvalue weighted by Crippen LogP contribution is 2.23. The highest BCUT2D eigenvalue weighted by molar-refractivity contribution is 7.89. The van der Waals surface area contributed by atoms with Gasteiger partial charge in [-0.1, -0.05) is 6.07 Å². The molecule has 0 saturated carbocycles. The minimum atomic E-state index is -3.73. The lowest BCUT2D eigenvalue weighted by molar-refractivity contribution is 0.0730. The van der Waals surface area contributed by atoms with Gasteiger partial charge in [0.1, 0.15) is 11.5 Å². The first-order valence-corrected chi connectivity index (χ1v) is 10.3. The molecule has 1 aliphatic heterocycles. The summed E-state index contributed by atoms with van der Waals surface area (Å²) >= 11 is 0. The summed E-state index contributed by atoms with van der Waals surface area (Å²) in [4.78, 5) is 12.4. The normalized spacial score (nSPS) is 15.8. The third kappa shape index (κ3) is 4.73. The Morgan fingerprint density at radius 2 is 1.86 bits per heavy atom. The van der Waals surface area contributed by atoms with Crippen molar-refractivity contribution in [3.8, 4) is 11.5 Å². The van der Waals surface area contributed by atoms with Gasteiger partial charge < -0.3 is 14.9 Å². The summed E-state index contributed by atoms with van der Waals surface area (Å²) in [6.45, 7) is 2.73. The molecule has 0 aliphatic carbocycles. The molecular formula is C19H21N3O6S. The van der Waals surface area contributed by atoms with E-state index in [0.29, 0.717) is 13.2 Å². The maximum absolute atomic E-state index is 12.7. The molecule has 10 heteroatoms. The number of phenolic OH excluding ortho intramolecular Hbond substituents is 2. The van der Waals surface area contributed by atoms with Gasteiger partial charge in [-0.2, -0.15) is 9.41 Å². The van der Waals surface area contributed by atoms with Crippen LogP contribution in [0.15, 0.2) is 52.5 Å². The zero-order chi connectivity index (χ0) is 21.0. The van der Waals surface area contributed by atoms with Crippen molar-refractivity contribution >= 4 is 21.6 Å². The van der Waals surface area contributed by atoms with Crippen LogP contribution in [0.4, 0.5) is 0 Å². The van der Waals surface area contributed by atoms with Gasteiger partial charge in [0.25, 0.3) is 5.91 Å². The van der Waals surface area contributed by atoms with Crippen LogP contribution in [-0.2, 0) is 14.8 Å². The average Bonchev–Trinajstić information content (AvgIpc) is 2.74. The van der Waals surface area contributed by atoms with Crippen LogP contribution in [0.25, 0.3) is 0 Å². The number of sulfonamides is 1. The highest BCUT2D eigenvalue weighted by Gasteiger charge is 2.26. The second-order valence-electron chi connectivity index (χ2n) is 6.38. The van der Waals surface area contributed by atoms with Gasteiger partial charge >= 0.3 is 0 Å². The molecule has 1 fully saturated rings. The van der Waals surface area contributed by atoms with Gasteiger partial charge in [-0.3, -0.25) is 4.79 Å². The molecule has 1 amide bonds. The summed E-state index contributed by atoms with van der Waals surface area (Å²) in [7, 11) is -3.73. The molecule has 154 valence electrons. The van der Waals surface area contributed by atoms with Crippen LogP contribution in [0, 0.1) is 0 Å². The van der Waals surface area contributed by atoms with Crippen molar-refractivity contribution in [3.05, 3.63) is 53.6 Å². The fourth-order valence-electron chi connectivity index (χ4n) is 2.81. The number of carbonyl (C=O) groups is 1. The predicted octanol–water partition coefficient (Wildman–Crippen LogP) is 1.27. The van der Waals surface area contributed by atoms with Gasteiger partial charge in [0.05, 0.1) is 23.8 Å². The molecule has 0 spiro atoms. The number of carbonyl (C=O) groups excluding carboxylic acids is 1. The van der Waals surface area contributed by atoms with Crippen molar-refractivity contribution in [1.82, 2.24) is 9.73 Å². The summed E-state index contributed by atoms with van der Waals surface area (Å²) in [5.74, 6) is -0.764. The van der Waals surface area contributed by atoms with Crippen LogP contribution < -0.4 is 5.43 Å². The lowest BCUT2D eigenvalue weighted by Crippen LogP contribution is -2.40. The van der Waals surface area contributed by atoms with Gasteiger partial charge in [-0.05, 0) is 43.3 Å². The van der Waals surface area contributed by atoms with E-state index in [1.165, 1.54) is 46.8 Å². The number of benzene rings is 2. The summed E-state index contributed by atoms with van der Waals surface area (Å²) in [6, 6.07) is 9.63. The first-order valence-electron chi connectivity index (χ1n) is 8.84. The van der Waals surface area contributed by atoms with E-state index >= 15 is 0 Å². The van der Waals surface area contributed by atoms with Gasteiger partial charge in [0.15, 0.2) is 0 Å². The summed E-state index contributed by atoms with van der Waals surface area (Å²) in [5, 5.41) is 23.3. The fraction of sp³-hybridized carbons (Fsp3) is 0.263. The fourth-order valence-corrected chi connectivity index (χ4v) is 4.26. The quantitative estimate of drug-likeness (QED) is 0.380. The van der Waals surface area contributed by atoms with Crippen molar-refractivity contribution in [1.29, 1.82) is 0 Å². The Morgan fingerprint density at radius 1 is 1.14 bits per heavy atom. The Labute approximate surface area is 168 Å². The van der Waals surface area contributed by atoms with E-state index in [1.54, 1.807) is 6.92 Å². The monoisotopic (exact) mass is 419 g/mol. The summed E-state index contributed by atoms with van der Waals surface area (Å²) < 4.78 is 32.0. The Bertz CT molecular complexity index is 1050. The van der Waals surface area contributed by atoms with Crippen LogP contribution in [0.2, 0.25) is 0 Å². The van der Waals surface area contributed by atoms with Gasteiger partial charge in [0.2, 0.25) is 10.0 Å². The summed E-state index contributed by atoms with van der Waals surface area (Å²) in [6.07, 6.45) is 0. The maximum Gasteiger partial charge on any atom is 0.271 e. The van der Waals surface area contributed by atoms with E-state index < -0.39 is 15.9 Å². The average molecular weight is 419 g/mol. The van der Waals surface area contributed by atoms with Crippen LogP contribution in [0.1, 0.15) is 22.8 Å². The van der Waals surface area contributed by atoms with E-state index in [4.69, 9.17) is 4.74 Å². The molecule has 1 saturated heterocycles. The van der Waals surface area contributed by atoms with E-state index in [0.717, 1.165) is 0 Å². The van der Waals surface area contributed by atoms with E-state index in [9.17, 15) is 23.4 Å². The predicted molar refractivity (Wildman–Crippen MR) is 105 cm³/mol. The number of morpholine rings is 1. The molecule has 1 aliphatic rings. The van der Waals surface area contributed by atoms with Crippen molar-refractivity contribution in [2.75, 3.05) is 26.3 Å². The lowest BCUT2D eigenvalue weighted by atomic mass is 10.1. The topological polar surface area (TPSA) is 129 Å². The lowest BCUT2D eigenvalue weighted by Gasteiger charge is -2.26. The zero-order valence-corrected chi connectivity index (χ0v) is 16.5. The molecule has 2 aromatic rings. The number of amides is 1. The number of hydrazone groups is 1. The number of phenols is 2. The van der Waals surface area contributed by atoms with Crippen LogP contribution in [-0.4, -0.2) is 60.9 Å². The van der Waals surface area contributed by atoms with Crippen LogP contribution in [0.5, 0.6) is 11.5 Å². The largest absolute Gasteiger partial charge is 0.508 e. The van der Waals surface area contributed by atoms with Gasteiger partial charge in [-0.15, -0.1) is 0 Å². The highest BCUT2D eigenvalue weighted by atomic mass is 32.2. The number of hydrogen-bond donors (Lipinski definition) is 3. The number of aromatic hydroxyl groups is 2. The number of nitrogens with one attached hydrogen (secondary N) is 1. The second kappa shape index (κ2) is 8.60. The molecule has 0 radical (unpaired) electrons. The third-order valence-corrected chi connectivity index (χ3v) is 6.29. The maximum atomic E-state index is 12.7. The number of nitrogens with zero attached hydrogens (tertiary/aromatic N) is 2. The van der Waals surface area contributed by atoms with Crippen molar-refractivity contribution in [2.24, 2.45) is 5.10 Å². The Hall–Kier alpha value is -2.95. The first-order chi connectivity index (χ1) is 13.8. The third-order valence-electron chi connectivity index (χ3n) is 4.40. The number of hydrogen-bond acceptors (Lipinski definition) is 7. The van der Waals surface area contributed by atoms with E-state index in [-0.39, 0.29) is 46.3 Å². The van der Waals surface area contributed by atoms with Crippen LogP contribution in [0.3, 0.4) is 0 Å². The Kier molecular flexibility index (Phi) is 6.16. The molecule has 3 rings (SSSR count).